The Kier molecular flexibility index (Phi) is 8.31. The van der Waals surface area contributed by atoms with Crippen LogP contribution in [0.4, 0.5) is 5.69 Å². The van der Waals surface area contributed by atoms with Gasteiger partial charge >= 0.3 is 0 Å². The van der Waals surface area contributed by atoms with Gasteiger partial charge in [0.15, 0.2) is 5.96 Å². The molecule has 1 aliphatic rings. The fourth-order valence-corrected chi connectivity index (χ4v) is 4.30. The summed E-state index contributed by atoms with van der Waals surface area (Å²) in [5.74, 6) is 0.659. The number of benzene rings is 2. The SMILES string of the molecule is CN=C(NCc1ccc(CN2CCCCC2)cc1)NCc1ccccc1NS(C)(=O)=O. The highest BCUT2D eigenvalue weighted by molar-refractivity contribution is 7.92. The second kappa shape index (κ2) is 11.2. The summed E-state index contributed by atoms with van der Waals surface area (Å²) in [4.78, 5) is 6.79. The number of para-hydroxylation sites is 1. The third-order valence-electron chi connectivity index (χ3n) is 5.32. The van der Waals surface area contributed by atoms with Gasteiger partial charge in [0.05, 0.1) is 11.9 Å². The minimum atomic E-state index is -3.33. The zero-order valence-corrected chi connectivity index (χ0v) is 19.2. The third-order valence-corrected chi connectivity index (χ3v) is 5.91. The highest BCUT2D eigenvalue weighted by Crippen LogP contribution is 2.16. The second-order valence-electron chi connectivity index (χ2n) is 7.96. The first-order valence-corrected chi connectivity index (χ1v) is 12.6. The molecule has 0 aliphatic carbocycles. The van der Waals surface area contributed by atoms with Crippen molar-refractivity contribution in [1.82, 2.24) is 15.5 Å². The van der Waals surface area contributed by atoms with Crippen molar-refractivity contribution in [1.29, 1.82) is 0 Å². The quantitative estimate of drug-likeness (QED) is 0.431. The van der Waals surface area contributed by atoms with Crippen LogP contribution >= 0.6 is 0 Å². The molecular weight excluding hydrogens is 410 g/mol. The van der Waals surface area contributed by atoms with Crippen LogP contribution in [0, 0.1) is 0 Å². The van der Waals surface area contributed by atoms with E-state index in [1.165, 1.54) is 43.5 Å². The predicted molar refractivity (Wildman–Crippen MR) is 128 cm³/mol. The van der Waals surface area contributed by atoms with Gasteiger partial charge in [-0.2, -0.15) is 0 Å². The van der Waals surface area contributed by atoms with Crippen LogP contribution in [0.1, 0.15) is 36.0 Å². The van der Waals surface area contributed by atoms with Crippen LogP contribution in [0.2, 0.25) is 0 Å². The number of nitrogens with zero attached hydrogens (tertiary/aromatic N) is 2. The van der Waals surface area contributed by atoms with Crippen molar-refractivity contribution in [3.8, 4) is 0 Å². The third kappa shape index (κ3) is 7.88. The number of likely N-dealkylation sites (tertiary alicyclic amines) is 1. The van der Waals surface area contributed by atoms with Gasteiger partial charge < -0.3 is 10.6 Å². The van der Waals surface area contributed by atoms with E-state index >= 15 is 0 Å². The summed E-state index contributed by atoms with van der Waals surface area (Å²) in [7, 11) is -1.61. The molecule has 31 heavy (non-hydrogen) atoms. The van der Waals surface area contributed by atoms with Gasteiger partial charge in [0.2, 0.25) is 10.0 Å². The number of piperidine rings is 1. The van der Waals surface area contributed by atoms with Gasteiger partial charge in [-0.05, 0) is 48.7 Å². The lowest BCUT2D eigenvalue weighted by Crippen LogP contribution is -2.36. The van der Waals surface area contributed by atoms with E-state index in [0.29, 0.717) is 24.7 Å². The Morgan fingerprint density at radius 3 is 2.26 bits per heavy atom. The predicted octanol–water partition coefficient (Wildman–Crippen LogP) is 2.91. The zero-order chi connectivity index (χ0) is 22.1. The number of hydrogen-bond acceptors (Lipinski definition) is 4. The average molecular weight is 444 g/mol. The maximum atomic E-state index is 11.6. The monoisotopic (exact) mass is 443 g/mol. The van der Waals surface area contributed by atoms with Crippen LogP contribution < -0.4 is 15.4 Å². The summed E-state index contributed by atoms with van der Waals surface area (Å²) in [6.45, 7) is 4.54. The van der Waals surface area contributed by atoms with Crippen LogP contribution in [-0.4, -0.2) is 45.7 Å². The van der Waals surface area contributed by atoms with Crippen LogP contribution in [0.15, 0.2) is 53.5 Å². The van der Waals surface area contributed by atoms with Crippen molar-refractivity contribution >= 4 is 21.7 Å². The van der Waals surface area contributed by atoms with E-state index in [2.05, 4.69) is 49.5 Å². The topological polar surface area (TPSA) is 85.8 Å². The fourth-order valence-electron chi connectivity index (χ4n) is 3.70. The summed E-state index contributed by atoms with van der Waals surface area (Å²) in [6.07, 6.45) is 5.12. The Morgan fingerprint density at radius 1 is 0.935 bits per heavy atom. The van der Waals surface area contributed by atoms with Crippen molar-refractivity contribution in [2.24, 2.45) is 4.99 Å². The number of hydrogen-bond donors (Lipinski definition) is 3. The lowest BCUT2D eigenvalue weighted by Gasteiger charge is -2.26. The largest absolute Gasteiger partial charge is 0.352 e. The standard InChI is InChI=1S/C23H33N5O2S/c1-24-23(26-17-21-8-4-5-9-22(21)27-31(2,29)30)25-16-19-10-12-20(13-11-19)18-28-14-6-3-7-15-28/h4-5,8-13,27H,3,6-7,14-18H2,1-2H3,(H2,24,25,26). The van der Waals surface area contributed by atoms with Gasteiger partial charge in [0.25, 0.3) is 0 Å². The van der Waals surface area contributed by atoms with Crippen LogP contribution in [-0.2, 0) is 29.7 Å². The minimum absolute atomic E-state index is 0.452. The summed E-state index contributed by atoms with van der Waals surface area (Å²) >= 11 is 0. The van der Waals surface area contributed by atoms with Gasteiger partial charge in [-0.3, -0.25) is 14.6 Å². The Hall–Kier alpha value is -2.58. The number of rotatable bonds is 8. The molecule has 1 heterocycles. The van der Waals surface area contributed by atoms with Gasteiger partial charge in [0.1, 0.15) is 0 Å². The molecule has 0 radical (unpaired) electrons. The molecule has 0 atom stereocenters. The molecule has 168 valence electrons. The summed E-state index contributed by atoms with van der Waals surface area (Å²) in [5, 5.41) is 6.56. The summed E-state index contributed by atoms with van der Waals surface area (Å²) < 4.78 is 25.7. The smallest absolute Gasteiger partial charge is 0.229 e. The second-order valence-corrected chi connectivity index (χ2v) is 9.71. The Balaban J connectivity index is 1.50. The molecule has 1 aliphatic heterocycles. The van der Waals surface area contributed by atoms with Crippen LogP contribution in [0.3, 0.4) is 0 Å². The molecule has 8 heteroatoms. The lowest BCUT2D eigenvalue weighted by atomic mass is 10.1. The first-order valence-electron chi connectivity index (χ1n) is 10.7. The maximum absolute atomic E-state index is 11.6. The Bertz CT molecular complexity index is 968. The van der Waals surface area contributed by atoms with Gasteiger partial charge in [0, 0.05) is 26.7 Å². The number of nitrogens with one attached hydrogen (secondary N) is 3. The van der Waals surface area contributed by atoms with Crippen LogP contribution in [0.25, 0.3) is 0 Å². The first kappa shape index (κ1) is 23.1. The molecule has 0 unspecified atom stereocenters. The van der Waals surface area contributed by atoms with E-state index in [1.807, 2.05) is 12.1 Å². The molecule has 0 amide bonds. The van der Waals surface area contributed by atoms with E-state index in [0.717, 1.165) is 18.4 Å². The van der Waals surface area contributed by atoms with Gasteiger partial charge in [-0.1, -0.05) is 48.9 Å². The minimum Gasteiger partial charge on any atom is -0.352 e. The van der Waals surface area contributed by atoms with Gasteiger partial charge in [-0.25, -0.2) is 8.42 Å². The van der Waals surface area contributed by atoms with E-state index < -0.39 is 10.0 Å². The fraction of sp³-hybridized carbons (Fsp3) is 0.435. The normalized spacial score (nSPS) is 15.5. The molecule has 3 N–H and O–H groups in total. The molecule has 0 aromatic heterocycles. The van der Waals surface area contributed by atoms with Crippen LogP contribution in [0.5, 0.6) is 0 Å². The van der Waals surface area contributed by atoms with Crippen molar-refractivity contribution < 1.29 is 8.42 Å². The van der Waals surface area contributed by atoms with Crippen molar-refractivity contribution in [3.63, 3.8) is 0 Å². The number of sulfonamides is 1. The van der Waals surface area contributed by atoms with Crippen molar-refractivity contribution in [2.75, 3.05) is 31.1 Å². The van der Waals surface area contributed by atoms with E-state index in [9.17, 15) is 8.42 Å². The Labute approximate surface area is 186 Å². The molecule has 2 aromatic carbocycles. The van der Waals surface area contributed by atoms with Gasteiger partial charge in [-0.15, -0.1) is 0 Å². The Morgan fingerprint density at radius 2 is 1.58 bits per heavy atom. The molecule has 1 saturated heterocycles. The molecule has 3 rings (SSSR count). The summed E-state index contributed by atoms with van der Waals surface area (Å²) in [6, 6.07) is 16.0. The number of guanidine groups is 1. The van der Waals surface area contributed by atoms with E-state index in [4.69, 9.17) is 0 Å². The zero-order valence-electron chi connectivity index (χ0n) is 18.4. The highest BCUT2D eigenvalue weighted by Gasteiger charge is 2.10. The lowest BCUT2D eigenvalue weighted by molar-refractivity contribution is 0.221. The van der Waals surface area contributed by atoms with E-state index in [-0.39, 0.29) is 0 Å². The first-order chi connectivity index (χ1) is 14.9. The molecule has 0 spiro atoms. The van der Waals surface area contributed by atoms with E-state index in [1.54, 1.807) is 19.2 Å². The molecule has 0 saturated carbocycles. The van der Waals surface area contributed by atoms with Crippen molar-refractivity contribution in [3.05, 3.63) is 65.2 Å². The maximum Gasteiger partial charge on any atom is 0.229 e. The average Bonchev–Trinajstić information content (AvgIpc) is 2.75. The number of aliphatic imine (C=N–C) groups is 1. The molecule has 2 aromatic rings. The molecular formula is C23H33N5O2S. The van der Waals surface area contributed by atoms with Crippen molar-refractivity contribution in [2.45, 2.75) is 38.9 Å². The molecule has 1 fully saturated rings. The molecule has 0 bridgehead atoms. The summed E-state index contributed by atoms with van der Waals surface area (Å²) in [5.41, 5.74) is 3.95. The number of anilines is 1. The molecule has 7 nitrogen and oxygen atoms in total. The highest BCUT2D eigenvalue weighted by atomic mass is 32.2.